The highest BCUT2D eigenvalue weighted by molar-refractivity contribution is 7.89. The van der Waals surface area contributed by atoms with Crippen LogP contribution in [0.25, 0.3) is 0 Å². The molecule has 0 spiro atoms. The SMILES string of the molecule is NS(=O)(=O)c1cc(C(=O)OCC=CC(=O)O)c(NCc2ccco2)cc1Cl. The van der Waals surface area contributed by atoms with Crippen molar-refractivity contribution in [1.29, 1.82) is 0 Å². The fourth-order valence-corrected chi connectivity index (χ4v) is 3.13. The first-order chi connectivity index (χ1) is 12.7. The number of hydrogen-bond donors (Lipinski definition) is 3. The van der Waals surface area contributed by atoms with Gasteiger partial charge in [0.05, 0.1) is 29.1 Å². The number of carbonyl (C=O) groups excluding carboxylic acids is 1. The highest BCUT2D eigenvalue weighted by Crippen LogP contribution is 2.29. The van der Waals surface area contributed by atoms with Crippen LogP contribution in [0, 0.1) is 0 Å². The molecule has 0 aliphatic carbocycles. The highest BCUT2D eigenvalue weighted by atomic mass is 35.5. The van der Waals surface area contributed by atoms with Gasteiger partial charge in [-0.3, -0.25) is 0 Å². The summed E-state index contributed by atoms with van der Waals surface area (Å²) in [6, 6.07) is 5.60. The van der Waals surface area contributed by atoms with Gasteiger partial charge in [0.2, 0.25) is 10.0 Å². The lowest BCUT2D eigenvalue weighted by Gasteiger charge is -2.13. The molecule has 0 fully saturated rings. The van der Waals surface area contributed by atoms with Crippen molar-refractivity contribution in [2.45, 2.75) is 11.4 Å². The topological polar surface area (TPSA) is 149 Å². The molecule has 9 nitrogen and oxygen atoms in total. The number of carboxylic acids is 1. The van der Waals surface area contributed by atoms with Gasteiger partial charge in [0.25, 0.3) is 0 Å². The molecular weight excluding hydrogens is 400 g/mol. The summed E-state index contributed by atoms with van der Waals surface area (Å²) in [5.74, 6) is -1.53. The maximum atomic E-state index is 12.3. The quantitative estimate of drug-likeness (QED) is 0.438. The second kappa shape index (κ2) is 8.71. The summed E-state index contributed by atoms with van der Waals surface area (Å²) in [5, 5.41) is 16.3. The number of halogens is 1. The van der Waals surface area contributed by atoms with Crippen molar-refractivity contribution in [2.24, 2.45) is 5.14 Å². The van der Waals surface area contributed by atoms with Gasteiger partial charge in [-0.2, -0.15) is 0 Å². The van der Waals surface area contributed by atoms with Crippen LogP contribution in [0.1, 0.15) is 16.1 Å². The van der Waals surface area contributed by atoms with Crippen molar-refractivity contribution in [1.82, 2.24) is 0 Å². The third-order valence-corrected chi connectivity index (χ3v) is 4.58. The van der Waals surface area contributed by atoms with Crippen molar-refractivity contribution in [3.05, 3.63) is 59.0 Å². The summed E-state index contributed by atoms with van der Waals surface area (Å²) in [6.07, 6.45) is 3.39. The van der Waals surface area contributed by atoms with Crippen LogP contribution >= 0.6 is 11.6 Å². The molecule has 0 amide bonds. The molecule has 1 heterocycles. The minimum Gasteiger partial charge on any atom is -0.478 e. The molecule has 0 saturated heterocycles. The van der Waals surface area contributed by atoms with Gasteiger partial charge in [-0.25, -0.2) is 23.1 Å². The van der Waals surface area contributed by atoms with E-state index in [-0.39, 0.29) is 29.4 Å². The monoisotopic (exact) mass is 414 g/mol. The zero-order valence-corrected chi connectivity index (χ0v) is 15.3. The van der Waals surface area contributed by atoms with Crippen LogP contribution in [-0.2, 0) is 26.1 Å². The summed E-state index contributed by atoms with van der Waals surface area (Å²) in [5.41, 5.74) is 0.0507. The Kier molecular flexibility index (Phi) is 6.61. The van der Waals surface area contributed by atoms with Crippen LogP contribution in [0.5, 0.6) is 0 Å². The number of hydrogen-bond acceptors (Lipinski definition) is 7. The number of nitrogens with one attached hydrogen (secondary N) is 1. The summed E-state index contributed by atoms with van der Waals surface area (Å²) >= 11 is 5.96. The van der Waals surface area contributed by atoms with Gasteiger partial charge in [-0.15, -0.1) is 0 Å². The number of carbonyl (C=O) groups is 2. The van der Waals surface area contributed by atoms with Gasteiger partial charge in [0.15, 0.2) is 0 Å². The van der Waals surface area contributed by atoms with E-state index in [4.69, 9.17) is 31.0 Å². The number of ether oxygens (including phenoxy) is 1. The summed E-state index contributed by atoms with van der Waals surface area (Å²) in [7, 11) is -4.18. The molecule has 0 saturated carbocycles. The number of rotatable bonds is 8. The lowest BCUT2D eigenvalue weighted by molar-refractivity contribution is -0.131. The van der Waals surface area contributed by atoms with Crippen LogP contribution in [0.4, 0.5) is 5.69 Å². The fraction of sp³-hybridized carbons (Fsp3) is 0.125. The van der Waals surface area contributed by atoms with Crippen LogP contribution in [0.15, 0.2) is 52.0 Å². The predicted molar refractivity (Wildman–Crippen MR) is 95.9 cm³/mol. The smallest absolute Gasteiger partial charge is 0.340 e. The molecule has 0 aliphatic heterocycles. The zero-order chi connectivity index (χ0) is 20.0. The Morgan fingerprint density at radius 3 is 2.70 bits per heavy atom. The summed E-state index contributed by atoms with van der Waals surface area (Å²) < 4.78 is 33.4. The summed E-state index contributed by atoms with van der Waals surface area (Å²) in [6.45, 7) is -0.132. The Morgan fingerprint density at radius 2 is 2.11 bits per heavy atom. The van der Waals surface area contributed by atoms with E-state index in [1.54, 1.807) is 12.1 Å². The molecule has 27 heavy (non-hydrogen) atoms. The van der Waals surface area contributed by atoms with E-state index in [2.05, 4.69) is 5.32 Å². The summed E-state index contributed by atoms with van der Waals surface area (Å²) in [4.78, 5) is 22.3. The zero-order valence-electron chi connectivity index (χ0n) is 13.7. The molecule has 4 N–H and O–H groups in total. The van der Waals surface area contributed by atoms with Crippen molar-refractivity contribution < 1.29 is 32.3 Å². The number of aliphatic carboxylic acids is 1. The van der Waals surface area contributed by atoms with Gasteiger partial charge in [-0.05, 0) is 30.3 Å². The van der Waals surface area contributed by atoms with Crippen LogP contribution in [0.3, 0.4) is 0 Å². The van der Waals surface area contributed by atoms with Crippen molar-refractivity contribution >= 4 is 39.3 Å². The number of esters is 1. The van der Waals surface area contributed by atoms with Crippen molar-refractivity contribution in [3.63, 3.8) is 0 Å². The lowest BCUT2D eigenvalue weighted by Crippen LogP contribution is -2.16. The van der Waals surface area contributed by atoms with E-state index in [9.17, 15) is 18.0 Å². The lowest BCUT2D eigenvalue weighted by atomic mass is 10.1. The largest absolute Gasteiger partial charge is 0.478 e. The van der Waals surface area contributed by atoms with Crippen LogP contribution < -0.4 is 10.5 Å². The molecule has 1 aromatic carbocycles. The number of benzene rings is 1. The average molecular weight is 415 g/mol. The molecule has 0 bridgehead atoms. The number of primary sulfonamides is 1. The third-order valence-electron chi connectivity index (χ3n) is 3.20. The van der Waals surface area contributed by atoms with Crippen LogP contribution in [0.2, 0.25) is 5.02 Å². The molecule has 2 rings (SSSR count). The second-order valence-electron chi connectivity index (χ2n) is 5.15. The minimum absolute atomic E-state index is 0.140. The van der Waals surface area contributed by atoms with E-state index in [0.29, 0.717) is 5.76 Å². The molecule has 0 radical (unpaired) electrons. The van der Waals surface area contributed by atoms with E-state index in [1.807, 2.05) is 0 Å². The number of nitrogens with two attached hydrogens (primary N) is 1. The van der Waals surface area contributed by atoms with E-state index >= 15 is 0 Å². The Hall–Kier alpha value is -2.82. The average Bonchev–Trinajstić information content (AvgIpc) is 3.08. The van der Waals surface area contributed by atoms with Gasteiger partial charge >= 0.3 is 11.9 Å². The first kappa shape index (κ1) is 20.5. The molecular formula is C16H15ClN2O7S. The van der Waals surface area contributed by atoms with Crippen LogP contribution in [-0.4, -0.2) is 32.1 Å². The molecule has 0 aliphatic rings. The number of carboxylic acid groups (broad SMARTS) is 1. The third kappa shape index (κ3) is 5.84. The second-order valence-corrected chi connectivity index (χ2v) is 7.08. The molecule has 144 valence electrons. The van der Waals surface area contributed by atoms with Gasteiger partial charge in [0.1, 0.15) is 17.3 Å². The number of sulfonamides is 1. The van der Waals surface area contributed by atoms with E-state index < -0.39 is 26.9 Å². The van der Waals surface area contributed by atoms with E-state index in [0.717, 1.165) is 18.2 Å². The normalized spacial score (nSPS) is 11.5. The molecule has 1 aromatic heterocycles. The van der Waals surface area contributed by atoms with Gasteiger partial charge < -0.3 is 19.6 Å². The first-order valence-electron chi connectivity index (χ1n) is 7.37. The maximum absolute atomic E-state index is 12.3. The van der Waals surface area contributed by atoms with Crippen molar-refractivity contribution in [2.75, 3.05) is 11.9 Å². The molecule has 0 atom stereocenters. The van der Waals surface area contributed by atoms with Crippen molar-refractivity contribution in [3.8, 4) is 0 Å². The predicted octanol–water partition coefficient (Wildman–Crippen LogP) is 1.99. The Morgan fingerprint density at radius 1 is 1.37 bits per heavy atom. The first-order valence-corrected chi connectivity index (χ1v) is 9.30. The molecule has 2 aromatic rings. The minimum atomic E-state index is -4.18. The Bertz CT molecular complexity index is 969. The fourth-order valence-electron chi connectivity index (χ4n) is 2.03. The standard InChI is InChI=1S/C16H15ClN2O7S/c17-12-8-13(19-9-10-3-1-5-25-10)11(7-14(12)27(18,23)24)16(22)26-6-2-4-15(20)21/h1-5,7-8,19H,6,9H2,(H,20,21)(H2,18,23,24). The molecule has 11 heteroatoms. The van der Waals surface area contributed by atoms with E-state index in [1.165, 1.54) is 12.3 Å². The Balaban J connectivity index is 2.31. The number of anilines is 1. The number of furan rings is 1. The highest BCUT2D eigenvalue weighted by Gasteiger charge is 2.21. The van der Waals surface area contributed by atoms with Gasteiger partial charge in [-0.1, -0.05) is 11.6 Å². The Labute approximate surface area is 159 Å². The molecule has 0 unspecified atom stereocenters. The van der Waals surface area contributed by atoms with Gasteiger partial charge in [0, 0.05) is 6.08 Å². The maximum Gasteiger partial charge on any atom is 0.340 e.